The van der Waals surface area contributed by atoms with Gasteiger partial charge in [-0.2, -0.15) is 12.6 Å². The highest BCUT2D eigenvalue weighted by atomic mass is 32.1. The van der Waals surface area contributed by atoms with Crippen molar-refractivity contribution in [3.05, 3.63) is 29.8 Å². The third-order valence-electron chi connectivity index (χ3n) is 3.83. The molecule has 0 saturated carbocycles. The lowest BCUT2D eigenvalue weighted by Gasteiger charge is -2.23. The molecule has 0 heterocycles. The number of thiol groups is 1. The molecule has 0 saturated heterocycles. The van der Waals surface area contributed by atoms with E-state index < -0.39 is 35.9 Å². The smallest absolute Gasteiger partial charge is 0.327 e. The molecule has 0 aliphatic heterocycles. The molecule has 0 spiro atoms. The molecule has 3 atom stereocenters. The molecule has 0 fully saturated rings. The van der Waals surface area contributed by atoms with Crippen molar-refractivity contribution in [3.8, 4) is 5.75 Å². The summed E-state index contributed by atoms with van der Waals surface area (Å²) in [4.78, 5) is 35.9. The van der Waals surface area contributed by atoms with Crippen LogP contribution in [0.25, 0.3) is 0 Å². The van der Waals surface area contributed by atoms with Gasteiger partial charge in [0.1, 0.15) is 17.8 Å². The molecule has 144 valence electrons. The quantitative estimate of drug-likeness (QED) is 0.329. The van der Waals surface area contributed by atoms with E-state index in [9.17, 15) is 19.5 Å². The summed E-state index contributed by atoms with van der Waals surface area (Å²) in [5.74, 6) is -2.52. The number of phenolic OH excluding ortho intramolecular Hbond substituents is 1. The summed E-state index contributed by atoms with van der Waals surface area (Å²) in [5.41, 5.74) is 6.49. The van der Waals surface area contributed by atoms with Crippen molar-refractivity contribution in [2.45, 2.75) is 38.4 Å². The Bertz CT molecular complexity index is 636. The zero-order chi connectivity index (χ0) is 19.9. The molecule has 2 amide bonds. The number of nitrogens with two attached hydrogens (primary N) is 1. The second kappa shape index (κ2) is 10.0. The highest BCUT2D eigenvalue weighted by Crippen LogP contribution is 2.12. The lowest BCUT2D eigenvalue weighted by molar-refractivity contribution is -0.141. The first-order valence-corrected chi connectivity index (χ1v) is 8.76. The van der Waals surface area contributed by atoms with Crippen LogP contribution in [-0.2, 0) is 20.8 Å². The van der Waals surface area contributed by atoms with Gasteiger partial charge in [0.15, 0.2) is 0 Å². The number of aromatic hydroxyl groups is 1. The Kier molecular flexibility index (Phi) is 8.40. The zero-order valence-electron chi connectivity index (χ0n) is 14.7. The molecule has 0 unspecified atom stereocenters. The van der Waals surface area contributed by atoms with Crippen LogP contribution in [0.3, 0.4) is 0 Å². The standard InChI is InChI=1S/C17H25N3O5S/c1-9(2)14(18)16(23)19-12(7-10-3-5-11(21)6-4-10)15(22)20-13(8-26)17(24)25/h3-6,9,12-14,21,26H,7-8,18H2,1-2H3,(H,19,23)(H,20,22)(H,24,25)/t12-,13-,14-/m0/s1. The zero-order valence-corrected chi connectivity index (χ0v) is 15.6. The number of hydrogen-bond acceptors (Lipinski definition) is 6. The van der Waals surface area contributed by atoms with E-state index in [2.05, 4.69) is 23.3 Å². The molecule has 1 aromatic carbocycles. The van der Waals surface area contributed by atoms with Crippen LogP contribution in [0.15, 0.2) is 24.3 Å². The van der Waals surface area contributed by atoms with Crippen LogP contribution in [0.5, 0.6) is 5.75 Å². The summed E-state index contributed by atoms with van der Waals surface area (Å²) < 4.78 is 0. The molecule has 0 aromatic heterocycles. The van der Waals surface area contributed by atoms with Gasteiger partial charge in [-0.25, -0.2) is 4.79 Å². The van der Waals surface area contributed by atoms with Gasteiger partial charge in [0.2, 0.25) is 11.8 Å². The van der Waals surface area contributed by atoms with Gasteiger partial charge in [0, 0.05) is 12.2 Å². The van der Waals surface area contributed by atoms with Crippen LogP contribution in [0, 0.1) is 5.92 Å². The first-order valence-electron chi connectivity index (χ1n) is 8.13. The summed E-state index contributed by atoms with van der Waals surface area (Å²) >= 11 is 3.91. The monoisotopic (exact) mass is 383 g/mol. The summed E-state index contributed by atoms with van der Waals surface area (Å²) in [7, 11) is 0. The second-order valence-corrected chi connectivity index (χ2v) is 6.65. The summed E-state index contributed by atoms with van der Waals surface area (Å²) in [6.07, 6.45) is 0.113. The molecular formula is C17H25N3O5S. The predicted octanol–water partition coefficient (Wildman–Crippen LogP) is -0.0980. The highest BCUT2D eigenvalue weighted by molar-refractivity contribution is 7.80. The lowest BCUT2D eigenvalue weighted by atomic mass is 10.0. The number of carbonyl (C=O) groups excluding carboxylic acids is 2. The number of amides is 2. The molecule has 0 aliphatic rings. The number of phenols is 1. The van der Waals surface area contributed by atoms with Gasteiger partial charge in [-0.1, -0.05) is 26.0 Å². The van der Waals surface area contributed by atoms with Crippen molar-refractivity contribution in [2.75, 3.05) is 5.75 Å². The molecule has 0 aliphatic carbocycles. The minimum Gasteiger partial charge on any atom is -0.508 e. The normalized spacial score (nSPS) is 14.3. The van der Waals surface area contributed by atoms with Crippen molar-refractivity contribution in [1.82, 2.24) is 10.6 Å². The predicted molar refractivity (Wildman–Crippen MR) is 100.0 cm³/mol. The number of carboxylic acids is 1. The Hall–Kier alpha value is -2.26. The number of benzene rings is 1. The van der Waals surface area contributed by atoms with E-state index in [1.54, 1.807) is 26.0 Å². The number of carbonyl (C=O) groups is 3. The minimum absolute atomic E-state index is 0.0710. The van der Waals surface area contributed by atoms with E-state index in [1.807, 2.05) is 0 Å². The number of nitrogens with one attached hydrogen (secondary N) is 2. The molecule has 1 aromatic rings. The molecular weight excluding hydrogens is 358 g/mol. The topological polar surface area (TPSA) is 142 Å². The Labute approximate surface area is 157 Å². The Balaban J connectivity index is 2.96. The van der Waals surface area contributed by atoms with E-state index in [0.717, 1.165) is 0 Å². The van der Waals surface area contributed by atoms with Gasteiger partial charge in [-0.3, -0.25) is 9.59 Å². The van der Waals surface area contributed by atoms with E-state index >= 15 is 0 Å². The van der Waals surface area contributed by atoms with Crippen molar-refractivity contribution in [1.29, 1.82) is 0 Å². The van der Waals surface area contributed by atoms with E-state index in [-0.39, 0.29) is 23.8 Å². The second-order valence-electron chi connectivity index (χ2n) is 6.28. The Morgan fingerprint density at radius 1 is 1.08 bits per heavy atom. The largest absolute Gasteiger partial charge is 0.508 e. The molecule has 0 radical (unpaired) electrons. The van der Waals surface area contributed by atoms with Crippen LogP contribution in [-0.4, -0.2) is 51.9 Å². The maximum atomic E-state index is 12.5. The van der Waals surface area contributed by atoms with E-state index in [0.29, 0.717) is 5.56 Å². The van der Waals surface area contributed by atoms with E-state index in [1.165, 1.54) is 12.1 Å². The summed E-state index contributed by atoms with van der Waals surface area (Å²) in [5, 5.41) is 23.3. The van der Waals surface area contributed by atoms with Gasteiger partial charge < -0.3 is 26.6 Å². The van der Waals surface area contributed by atoms with Gasteiger partial charge >= 0.3 is 5.97 Å². The summed E-state index contributed by atoms with van der Waals surface area (Å²) in [6, 6.07) is 3.14. The van der Waals surface area contributed by atoms with Crippen LogP contribution >= 0.6 is 12.6 Å². The number of carboxylic acid groups (broad SMARTS) is 1. The van der Waals surface area contributed by atoms with Crippen LogP contribution in [0.1, 0.15) is 19.4 Å². The fourth-order valence-electron chi connectivity index (χ4n) is 2.11. The third kappa shape index (κ3) is 6.57. The van der Waals surface area contributed by atoms with Crippen LogP contribution in [0.2, 0.25) is 0 Å². The van der Waals surface area contributed by atoms with Gasteiger partial charge in [-0.15, -0.1) is 0 Å². The molecule has 0 bridgehead atoms. The van der Waals surface area contributed by atoms with Crippen molar-refractivity contribution in [2.24, 2.45) is 11.7 Å². The molecule has 1 rings (SSSR count). The summed E-state index contributed by atoms with van der Waals surface area (Å²) in [6.45, 7) is 3.56. The average Bonchev–Trinajstić information content (AvgIpc) is 2.59. The van der Waals surface area contributed by atoms with E-state index in [4.69, 9.17) is 10.8 Å². The molecule has 6 N–H and O–H groups in total. The maximum Gasteiger partial charge on any atom is 0.327 e. The minimum atomic E-state index is -1.22. The highest BCUT2D eigenvalue weighted by Gasteiger charge is 2.28. The SMILES string of the molecule is CC(C)[C@H](N)C(=O)N[C@@H](Cc1ccc(O)cc1)C(=O)N[C@@H](CS)C(=O)O. The van der Waals surface area contributed by atoms with Crippen molar-refractivity contribution in [3.63, 3.8) is 0 Å². The fourth-order valence-corrected chi connectivity index (χ4v) is 2.35. The first-order chi connectivity index (χ1) is 12.1. The number of rotatable bonds is 9. The lowest BCUT2D eigenvalue weighted by Crippen LogP contribution is -2.56. The van der Waals surface area contributed by atoms with Crippen molar-refractivity contribution >= 4 is 30.4 Å². The fraction of sp³-hybridized carbons (Fsp3) is 0.471. The Morgan fingerprint density at radius 2 is 1.62 bits per heavy atom. The van der Waals surface area contributed by atoms with Gasteiger partial charge in [0.25, 0.3) is 0 Å². The average molecular weight is 383 g/mol. The van der Waals surface area contributed by atoms with Crippen molar-refractivity contribution < 1.29 is 24.6 Å². The van der Waals surface area contributed by atoms with Gasteiger partial charge in [-0.05, 0) is 23.6 Å². The molecule has 26 heavy (non-hydrogen) atoms. The molecule has 9 heteroatoms. The number of hydrogen-bond donors (Lipinski definition) is 6. The van der Waals surface area contributed by atoms with Crippen LogP contribution in [0.4, 0.5) is 0 Å². The van der Waals surface area contributed by atoms with Crippen LogP contribution < -0.4 is 16.4 Å². The number of aliphatic carboxylic acids is 1. The first kappa shape index (κ1) is 21.8. The third-order valence-corrected chi connectivity index (χ3v) is 4.19. The molecule has 8 nitrogen and oxygen atoms in total. The maximum absolute atomic E-state index is 12.5. The Morgan fingerprint density at radius 3 is 2.08 bits per heavy atom. The van der Waals surface area contributed by atoms with Gasteiger partial charge in [0.05, 0.1) is 6.04 Å².